The number of carbonyl (C=O) groups is 4. The Hall–Kier alpha value is -3.53. The molecule has 0 radical (unpaired) electrons. The molecule has 0 bridgehead atoms. The van der Waals surface area contributed by atoms with Crippen LogP contribution in [0.1, 0.15) is 90.1 Å². The average molecular weight is 656 g/mol. The van der Waals surface area contributed by atoms with Crippen molar-refractivity contribution < 1.29 is 28.7 Å². The largest absolute Gasteiger partial charge is 0.458 e. The monoisotopic (exact) mass is 655 g/mol. The molecular formula is C36H53N3O6S. The Labute approximate surface area is 279 Å². The Morgan fingerprint density at radius 3 is 1.87 bits per heavy atom. The second-order valence-corrected chi connectivity index (χ2v) is 14.8. The van der Waals surface area contributed by atoms with Crippen LogP contribution < -0.4 is 10.6 Å². The van der Waals surface area contributed by atoms with E-state index in [-0.39, 0.29) is 6.42 Å². The number of carbonyl (C=O) groups excluding carboxylic acids is 4. The van der Waals surface area contributed by atoms with Crippen LogP contribution in [-0.4, -0.2) is 70.1 Å². The first kappa shape index (κ1) is 38.7. The molecule has 2 aromatic rings. The maximum atomic E-state index is 14.6. The van der Waals surface area contributed by atoms with Crippen molar-refractivity contribution in [1.29, 1.82) is 0 Å². The summed E-state index contributed by atoms with van der Waals surface area (Å²) in [6, 6.07) is 11.6. The van der Waals surface area contributed by atoms with Gasteiger partial charge in [0.15, 0.2) is 0 Å². The summed E-state index contributed by atoms with van der Waals surface area (Å²) in [5, 5.41) is 5.73. The summed E-state index contributed by atoms with van der Waals surface area (Å²) in [7, 11) is 0. The molecule has 0 aromatic heterocycles. The van der Waals surface area contributed by atoms with E-state index >= 15 is 0 Å². The molecule has 3 amide bonds. The highest BCUT2D eigenvalue weighted by Crippen LogP contribution is 2.31. The molecule has 2 N–H and O–H groups in total. The number of esters is 1. The highest BCUT2D eigenvalue weighted by Gasteiger charge is 2.40. The zero-order chi connectivity index (χ0) is 34.8. The minimum absolute atomic E-state index is 0.202. The Morgan fingerprint density at radius 1 is 0.804 bits per heavy atom. The molecular weight excluding hydrogens is 602 g/mol. The third kappa shape index (κ3) is 12.0. The van der Waals surface area contributed by atoms with Crippen molar-refractivity contribution in [1.82, 2.24) is 15.5 Å². The Bertz CT molecular complexity index is 1310. The molecule has 2 aromatic carbocycles. The number of ether oxygens (including phenoxy) is 2. The van der Waals surface area contributed by atoms with Crippen LogP contribution in [0.15, 0.2) is 48.5 Å². The third-order valence-corrected chi connectivity index (χ3v) is 7.69. The van der Waals surface area contributed by atoms with E-state index in [2.05, 4.69) is 10.6 Å². The predicted octanol–water partition coefficient (Wildman–Crippen LogP) is 6.30. The first-order valence-electron chi connectivity index (χ1n) is 15.8. The molecule has 0 fully saturated rings. The van der Waals surface area contributed by atoms with E-state index in [1.54, 1.807) is 53.3 Å². The lowest BCUT2D eigenvalue weighted by atomic mass is 9.92. The molecule has 254 valence electrons. The number of alkyl carbamates (subject to hydrolysis) is 1. The first-order chi connectivity index (χ1) is 21.3. The SMILES string of the molecule is CSCCC(NC(=O)OC(C)(C)C)C(=O)N(C(C)C)C(C(=O)NC(Cc1ccccc1)C(=O)OC(C)(C)C)c1c(C)cccc1C. The fourth-order valence-electron chi connectivity index (χ4n) is 5.12. The number of nitrogens with one attached hydrogen (secondary N) is 2. The zero-order valence-electron chi connectivity index (χ0n) is 29.4. The Kier molecular flexibility index (Phi) is 14.2. The number of benzene rings is 2. The van der Waals surface area contributed by atoms with Gasteiger partial charge in [0.05, 0.1) is 0 Å². The van der Waals surface area contributed by atoms with Gasteiger partial charge in [-0.1, -0.05) is 48.5 Å². The maximum absolute atomic E-state index is 14.6. The molecule has 0 spiro atoms. The Balaban J connectivity index is 2.65. The molecule has 0 aliphatic carbocycles. The Morgan fingerprint density at radius 2 is 1.37 bits per heavy atom. The number of hydrogen-bond acceptors (Lipinski definition) is 7. The number of nitrogens with zero attached hydrogens (tertiary/aromatic N) is 1. The zero-order valence-corrected chi connectivity index (χ0v) is 30.2. The van der Waals surface area contributed by atoms with Gasteiger partial charge in [0, 0.05) is 12.5 Å². The molecule has 2 rings (SSSR count). The van der Waals surface area contributed by atoms with Crippen molar-refractivity contribution in [3.63, 3.8) is 0 Å². The minimum atomic E-state index is -1.10. The van der Waals surface area contributed by atoms with Gasteiger partial charge in [-0.3, -0.25) is 9.59 Å². The maximum Gasteiger partial charge on any atom is 0.408 e. The normalized spacial score (nSPS) is 13.7. The van der Waals surface area contributed by atoms with Gasteiger partial charge in [0.2, 0.25) is 11.8 Å². The van der Waals surface area contributed by atoms with E-state index in [1.165, 1.54) is 4.90 Å². The highest BCUT2D eigenvalue weighted by atomic mass is 32.2. The summed E-state index contributed by atoms with van der Waals surface area (Å²) in [6.45, 7) is 18.0. The van der Waals surface area contributed by atoms with E-state index in [0.717, 1.165) is 16.7 Å². The highest BCUT2D eigenvalue weighted by molar-refractivity contribution is 7.98. The molecule has 10 heteroatoms. The van der Waals surface area contributed by atoms with Crippen molar-refractivity contribution in [2.45, 2.75) is 117 Å². The average Bonchev–Trinajstić information content (AvgIpc) is 2.92. The summed E-state index contributed by atoms with van der Waals surface area (Å²) >= 11 is 1.55. The smallest absolute Gasteiger partial charge is 0.408 e. The fourth-order valence-corrected chi connectivity index (χ4v) is 5.60. The van der Waals surface area contributed by atoms with Crippen molar-refractivity contribution in [3.05, 3.63) is 70.8 Å². The van der Waals surface area contributed by atoms with Crippen LogP contribution in [0.2, 0.25) is 0 Å². The van der Waals surface area contributed by atoms with Crippen molar-refractivity contribution >= 4 is 35.6 Å². The number of amides is 3. The molecule has 0 heterocycles. The van der Waals surface area contributed by atoms with Gasteiger partial charge in [0.1, 0.15) is 29.3 Å². The van der Waals surface area contributed by atoms with E-state index in [4.69, 9.17) is 9.47 Å². The lowest BCUT2D eigenvalue weighted by Crippen LogP contribution is -2.57. The third-order valence-electron chi connectivity index (χ3n) is 7.04. The summed E-state index contributed by atoms with van der Waals surface area (Å²) in [6.07, 6.45) is 1.74. The van der Waals surface area contributed by atoms with Crippen molar-refractivity contribution in [2.75, 3.05) is 12.0 Å². The molecule has 3 unspecified atom stereocenters. The topological polar surface area (TPSA) is 114 Å². The second-order valence-electron chi connectivity index (χ2n) is 13.8. The van der Waals surface area contributed by atoms with E-state index < -0.39 is 59.2 Å². The van der Waals surface area contributed by atoms with Gasteiger partial charge in [-0.15, -0.1) is 0 Å². The van der Waals surface area contributed by atoms with Crippen LogP contribution in [0, 0.1) is 13.8 Å². The number of aryl methyl sites for hydroxylation is 2. The van der Waals surface area contributed by atoms with Crippen molar-refractivity contribution in [2.24, 2.45) is 0 Å². The van der Waals surface area contributed by atoms with E-state index in [0.29, 0.717) is 17.7 Å². The summed E-state index contributed by atoms with van der Waals surface area (Å²) in [5.41, 5.74) is 1.60. The first-order valence-corrected chi connectivity index (χ1v) is 17.2. The summed E-state index contributed by atoms with van der Waals surface area (Å²) in [5.74, 6) is -0.922. The second kappa shape index (κ2) is 16.9. The molecule has 3 atom stereocenters. The van der Waals surface area contributed by atoms with Crippen molar-refractivity contribution in [3.8, 4) is 0 Å². The van der Waals surface area contributed by atoms with E-state index in [1.807, 2.05) is 82.5 Å². The number of thioether (sulfide) groups is 1. The van der Waals surface area contributed by atoms with Crippen LogP contribution in [0.4, 0.5) is 4.79 Å². The predicted molar refractivity (Wildman–Crippen MR) is 185 cm³/mol. The van der Waals surface area contributed by atoms with Gasteiger partial charge in [-0.05, 0) is 110 Å². The summed E-state index contributed by atoms with van der Waals surface area (Å²) in [4.78, 5) is 57.0. The number of hydrogen-bond donors (Lipinski definition) is 2. The van der Waals surface area contributed by atoms with Crippen LogP contribution >= 0.6 is 11.8 Å². The van der Waals surface area contributed by atoms with Gasteiger partial charge >= 0.3 is 12.1 Å². The molecule has 0 saturated carbocycles. The fraction of sp³-hybridized carbons (Fsp3) is 0.556. The lowest BCUT2D eigenvalue weighted by molar-refractivity contribution is -0.159. The van der Waals surface area contributed by atoms with Gasteiger partial charge in [-0.25, -0.2) is 9.59 Å². The van der Waals surface area contributed by atoms with Gasteiger partial charge in [-0.2, -0.15) is 11.8 Å². The minimum Gasteiger partial charge on any atom is -0.458 e. The molecule has 0 aliphatic heterocycles. The molecule has 0 aliphatic rings. The van der Waals surface area contributed by atoms with E-state index in [9.17, 15) is 19.2 Å². The van der Waals surface area contributed by atoms with Crippen LogP contribution in [0.3, 0.4) is 0 Å². The molecule has 46 heavy (non-hydrogen) atoms. The lowest BCUT2D eigenvalue weighted by Gasteiger charge is -2.39. The van der Waals surface area contributed by atoms with Crippen LogP contribution in [0.25, 0.3) is 0 Å². The van der Waals surface area contributed by atoms with Gasteiger partial charge < -0.3 is 25.0 Å². The molecule has 0 saturated heterocycles. The summed E-state index contributed by atoms with van der Waals surface area (Å²) < 4.78 is 11.2. The van der Waals surface area contributed by atoms with Gasteiger partial charge in [0.25, 0.3) is 0 Å². The van der Waals surface area contributed by atoms with Crippen LogP contribution in [0.5, 0.6) is 0 Å². The standard InChI is InChI=1S/C36H53N3O6S/c1-23(2)39(32(41)27(20-21-46-11)38-34(43)45-36(8,9)10)30(29-24(3)16-15-17-25(29)4)31(40)37-28(33(42)44-35(5,6)7)22-26-18-13-12-14-19-26/h12-19,23,27-28,30H,20-22H2,1-11H3,(H,37,40)(H,38,43). The quantitative estimate of drug-likeness (QED) is 0.244. The van der Waals surface area contributed by atoms with Crippen LogP contribution in [-0.2, 0) is 30.3 Å². The number of rotatable bonds is 13. The molecule has 9 nitrogen and oxygen atoms in total.